The molecule has 1 aromatic heterocycles. The molecule has 3 rings (SSSR count). The molecule has 0 unspecified atom stereocenters. The highest BCUT2D eigenvalue weighted by molar-refractivity contribution is 5.67. The Labute approximate surface area is 123 Å². The maximum atomic E-state index is 9.42. The van der Waals surface area contributed by atoms with E-state index in [9.17, 15) is 5.26 Å². The van der Waals surface area contributed by atoms with E-state index in [1.165, 1.54) is 0 Å². The van der Waals surface area contributed by atoms with Gasteiger partial charge in [-0.1, -0.05) is 12.1 Å². The summed E-state index contributed by atoms with van der Waals surface area (Å²) in [5.41, 5.74) is 8.61. The summed E-state index contributed by atoms with van der Waals surface area (Å²) >= 11 is 0. The molecule has 1 aliphatic heterocycles. The summed E-state index contributed by atoms with van der Waals surface area (Å²) in [7, 11) is 0. The van der Waals surface area contributed by atoms with Gasteiger partial charge in [-0.15, -0.1) is 5.10 Å². The molecule has 108 valence electrons. The number of nitrogens with one attached hydrogen (secondary N) is 1. The summed E-state index contributed by atoms with van der Waals surface area (Å²) in [5.74, 6) is 1.08. The number of nitrogens with two attached hydrogens (primary N) is 1. The van der Waals surface area contributed by atoms with Crippen LogP contribution in [0.4, 0.5) is 11.6 Å². The predicted molar refractivity (Wildman–Crippen MR) is 82.5 cm³/mol. The number of nitrogens with zero attached hydrogens (tertiary/aromatic N) is 4. The maximum Gasteiger partial charge on any atom is 0.171 e. The lowest BCUT2D eigenvalue weighted by atomic mass is 10.2. The average Bonchev–Trinajstić information content (AvgIpc) is 2.85. The third kappa shape index (κ3) is 2.43. The third-order valence-electron chi connectivity index (χ3n) is 3.68. The molecule has 2 heterocycles. The number of nitriles is 1. The fourth-order valence-corrected chi connectivity index (χ4v) is 2.58. The summed E-state index contributed by atoms with van der Waals surface area (Å²) in [6, 6.07) is 10.1. The van der Waals surface area contributed by atoms with Gasteiger partial charge in [0.25, 0.3) is 0 Å². The summed E-state index contributed by atoms with van der Waals surface area (Å²) in [6.45, 7) is 5.47. The molecular weight excluding hydrogens is 264 g/mol. The van der Waals surface area contributed by atoms with Crippen molar-refractivity contribution in [1.82, 2.24) is 15.1 Å². The first-order chi connectivity index (χ1) is 10.2. The molecule has 2 aromatic rings. The number of hydrogen-bond acceptors (Lipinski definition) is 5. The molecule has 6 heteroatoms. The van der Waals surface area contributed by atoms with Crippen LogP contribution in [0.5, 0.6) is 0 Å². The van der Waals surface area contributed by atoms with Crippen molar-refractivity contribution >= 4 is 11.6 Å². The summed E-state index contributed by atoms with van der Waals surface area (Å²) in [6.07, 6.45) is 0. The number of nitrogen functional groups attached to an aromatic ring is 1. The van der Waals surface area contributed by atoms with E-state index >= 15 is 0 Å². The lowest BCUT2D eigenvalue weighted by molar-refractivity contribution is 0.583. The highest BCUT2D eigenvalue weighted by Crippen LogP contribution is 2.27. The lowest BCUT2D eigenvalue weighted by Gasteiger charge is -2.27. The Balaban J connectivity index is 2.07. The number of aryl methyl sites for hydroxylation is 1. The molecule has 0 spiro atoms. The third-order valence-corrected chi connectivity index (χ3v) is 3.68. The second-order valence-electron chi connectivity index (χ2n) is 5.18. The van der Waals surface area contributed by atoms with Crippen molar-refractivity contribution in [2.75, 3.05) is 36.8 Å². The van der Waals surface area contributed by atoms with Gasteiger partial charge in [-0.05, 0) is 24.6 Å². The number of rotatable bonds is 2. The fourth-order valence-electron chi connectivity index (χ4n) is 2.58. The van der Waals surface area contributed by atoms with Crippen molar-refractivity contribution in [3.8, 4) is 11.8 Å². The first-order valence-corrected chi connectivity index (χ1v) is 7.02. The second kappa shape index (κ2) is 5.46. The van der Waals surface area contributed by atoms with Crippen molar-refractivity contribution in [1.29, 1.82) is 5.26 Å². The van der Waals surface area contributed by atoms with Crippen LogP contribution in [0.1, 0.15) is 11.1 Å². The van der Waals surface area contributed by atoms with Gasteiger partial charge in [0.2, 0.25) is 0 Å². The highest BCUT2D eigenvalue weighted by atomic mass is 15.4. The Morgan fingerprint density at radius 1 is 1.33 bits per heavy atom. The van der Waals surface area contributed by atoms with E-state index < -0.39 is 0 Å². The zero-order chi connectivity index (χ0) is 14.8. The van der Waals surface area contributed by atoms with Gasteiger partial charge in [0.05, 0.1) is 5.69 Å². The second-order valence-corrected chi connectivity index (χ2v) is 5.18. The number of benzene rings is 1. The van der Waals surface area contributed by atoms with Crippen LogP contribution in [0.15, 0.2) is 24.3 Å². The van der Waals surface area contributed by atoms with Crippen LogP contribution in [-0.2, 0) is 0 Å². The number of hydrogen-bond donors (Lipinski definition) is 2. The van der Waals surface area contributed by atoms with Crippen molar-refractivity contribution < 1.29 is 0 Å². The Hall–Kier alpha value is -2.52. The van der Waals surface area contributed by atoms with Gasteiger partial charge in [0, 0.05) is 26.2 Å². The van der Waals surface area contributed by atoms with Crippen molar-refractivity contribution in [3.63, 3.8) is 0 Å². The van der Waals surface area contributed by atoms with E-state index in [2.05, 4.69) is 21.4 Å². The lowest BCUT2D eigenvalue weighted by Crippen LogP contribution is -2.44. The standard InChI is InChI=1S/C15H18N6/c1-11-3-2-4-12(9-11)21-14(17)13(10-16)15(19-21)20-7-5-18-6-8-20/h2-4,9,18H,5-8,17H2,1H3. The minimum absolute atomic E-state index is 0.400. The molecule has 0 saturated carbocycles. The van der Waals surface area contributed by atoms with Crippen LogP contribution < -0.4 is 16.0 Å². The number of anilines is 2. The largest absolute Gasteiger partial charge is 0.382 e. The van der Waals surface area contributed by atoms with E-state index in [1.807, 2.05) is 31.2 Å². The van der Waals surface area contributed by atoms with Crippen LogP contribution >= 0.6 is 0 Å². The summed E-state index contributed by atoms with van der Waals surface area (Å²) < 4.78 is 1.66. The first-order valence-electron chi connectivity index (χ1n) is 7.02. The molecule has 21 heavy (non-hydrogen) atoms. The average molecular weight is 282 g/mol. The van der Waals surface area contributed by atoms with Gasteiger partial charge in [0.1, 0.15) is 17.5 Å². The van der Waals surface area contributed by atoms with Crippen LogP contribution in [0.2, 0.25) is 0 Å². The zero-order valence-corrected chi connectivity index (χ0v) is 12.0. The van der Waals surface area contributed by atoms with Gasteiger partial charge in [0.15, 0.2) is 5.82 Å². The molecule has 0 bridgehead atoms. The first kappa shape index (κ1) is 13.5. The highest BCUT2D eigenvalue weighted by Gasteiger charge is 2.22. The Kier molecular flexibility index (Phi) is 3.50. The van der Waals surface area contributed by atoms with E-state index in [0.717, 1.165) is 37.4 Å². The number of piperazine rings is 1. The van der Waals surface area contributed by atoms with E-state index in [-0.39, 0.29) is 0 Å². The summed E-state index contributed by atoms with van der Waals surface area (Å²) in [5, 5.41) is 17.3. The Morgan fingerprint density at radius 2 is 2.10 bits per heavy atom. The molecule has 0 aliphatic carbocycles. The van der Waals surface area contributed by atoms with E-state index in [0.29, 0.717) is 17.2 Å². The van der Waals surface area contributed by atoms with Crippen molar-refractivity contribution in [2.45, 2.75) is 6.92 Å². The zero-order valence-electron chi connectivity index (χ0n) is 12.0. The van der Waals surface area contributed by atoms with Gasteiger partial charge >= 0.3 is 0 Å². The minimum Gasteiger partial charge on any atom is -0.382 e. The molecule has 6 nitrogen and oxygen atoms in total. The monoisotopic (exact) mass is 282 g/mol. The molecule has 1 saturated heterocycles. The Morgan fingerprint density at radius 3 is 2.76 bits per heavy atom. The molecule has 0 radical (unpaired) electrons. The SMILES string of the molecule is Cc1cccc(-n2nc(N3CCNCC3)c(C#N)c2N)c1. The topological polar surface area (TPSA) is 82.9 Å². The van der Waals surface area contributed by atoms with Gasteiger partial charge in [-0.3, -0.25) is 0 Å². The minimum atomic E-state index is 0.400. The van der Waals surface area contributed by atoms with Crippen LogP contribution in [0.3, 0.4) is 0 Å². The smallest absolute Gasteiger partial charge is 0.171 e. The van der Waals surface area contributed by atoms with Crippen LogP contribution in [-0.4, -0.2) is 36.0 Å². The number of aromatic nitrogens is 2. The normalized spacial score (nSPS) is 15.0. The molecule has 1 aromatic carbocycles. The molecule has 1 fully saturated rings. The van der Waals surface area contributed by atoms with Crippen molar-refractivity contribution in [3.05, 3.63) is 35.4 Å². The van der Waals surface area contributed by atoms with Gasteiger partial charge < -0.3 is 16.0 Å². The molecular formula is C15H18N6. The molecule has 0 amide bonds. The predicted octanol–water partition coefficient (Wildman–Crippen LogP) is 1.04. The summed E-state index contributed by atoms with van der Waals surface area (Å²) in [4.78, 5) is 2.11. The van der Waals surface area contributed by atoms with Crippen LogP contribution in [0, 0.1) is 18.3 Å². The van der Waals surface area contributed by atoms with Gasteiger partial charge in [-0.2, -0.15) is 5.26 Å². The van der Waals surface area contributed by atoms with E-state index in [4.69, 9.17) is 5.73 Å². The van der Waals surface area contributed by atoms with Gasteiger partial charge in [-0.25, -0.2) is 4.68 Å². The Bertz CT molecular complexity index is 691. The van der Waals surface area contributed by atoms with E-state index in [1.54, 1.807) is 4.68 Å². The molecule has 0 atom stereocenters. The maximum absolute atomic E-state index is 9.42. The molecule has 3 N–H and O–H groups in total. The quantitative estimate of drug-likeness (QED) is 0.860. The van der Waals surface area contributed by atoms with Crippen molar-refractivity contribution in [2.24, 2.45) is 0 Å². The van der Waals surface area contributed by atoms with Crippen LogP contribution in [0.25, 0.3) is 5.69 Å². The molecule has 1 aliphatic rings. The fraction of sp³-hybridized carbons (Fsp3) is 0.333.